The summed E-state index contributed by atoms with van der Waals surface area (Å²) in [7, 11) is 0. The number of allylic oxidation sites excluding steroid dienone is 3. The number of carbonyl (C=O) groups is 1. The predicted octanol–water partition coefficient (Wildman–Crippen LogP) is 5.40. The number of rotatable bonds is 7. The van der Waals surface area contributed by atoms with E-state index in [-0.39, 0.29) is 10.8 Å². The van der Waals surface area contributed by atoms with E-state index in [1.54, 1.807) is 0 Å². The molecule has 3 heteroatoms. The van der Waals surface area contributed by atoms with Crippen molar-refractivity contribution in [1.29, 1.82) is 0 Å². The summed E-state index contributed by atoms with van der Waals surface area (Å²) < 4.78 is 0. The molecule has 0 bridgehead atoms. The lowest BCUT2D eigenvalue weighted by Crippen LogP contribution is -2.35. The molecule has 0 spiro atoms. The van der Waals surface area contributed by atoms with E-state index in [1.165, 1.54) is 12.0 Å². The molecule has 25 heavy (non-hydrogen) atoms. The maximum Gasteiger partial charge on any atom is 0.127 e. The molecule has 1 fully saturated rings. The zero-order valence-electron chi connectivity index (χ0n) is 16.1. The SMILES string of the molecule is CC1(C)NC(/C=C/C/C=C\C(C=O)Cc2ccccc2)CS1.CCC. The first-order chi connectivity index (χ1) is 12.0. The van der Waals surface area contributed by atoms with Gasteiger partial charge in [-0.25, -0.2) is 0 Å². The Kier molecular flexibility index (Phi) is 10.5. The Morgan fingerprint density at radius 3 is 2.48 bits per heavy atom. The summed E-state index contributed by atoms with van der Waals surface area (Å²) in [4.78, 5) is 11.4. The molecule has 1 N–H and O–H groups in total. The van der Waals surface area contributed by atoms with Crippen molar-refractivity contribution in [3.8, 4) is 0 Å². The number of hydrogen-bond donors (Lipinski definition) is 1. The van der Waals surface area contributed by atoms with E-state index in [0.717, 1.165) is 24.9 Å². The molecular formula is C22H33NOS. The van der Waals surface area contributed by atoms with Crippen LogP contribution in [0.4, 0.5) is 0 Å². The van der Waals surface area contributed by atoms with Gasteiger partial charge >= 0.3 is 0 Å². The Morgan fingerprint density at radius 1 is 1.24 bits per heavy atom. The van der Waals surface area contributed by atoms with Crippen molar-refractivity contribution < 1.29 is 4.79 Å². The quantitative estimate of drug-likeness (QED) is 0.522. The lowest BCUT2D eigenvalue weighted by Gasteiger charge is -2.17. The average molecular weight is 360 g/mol. The van der Waals surface area contributed by atoms with Crippen molar-refractivity contribution in [3.05, 3.63) is 60.2 Å². The average Bonchev–Trinajstić information content (AvgIpc) is 2.94. The van der Waals surface area contributed by atoms with Crippen LogP contribution in [0.15, 0.2) is 54.6 Å². The fourth-order valence-electron chi connectivity index (χ4n) is 2.55. The molecule has 1 aliphatic heterocycles. The Bertz CT molecular complexity index is 536. The minimum absolute atomic E-state index is 0.0325. The summed E-state index contributed by atoms with van der Waals surface area (Å²) in [6.45, 7) is 8.67. The molecule has 1 heterocycles. The maximum absolute atomic E-state index is 11.2. The van der Waals surface area contributed by atoms with Gasteiger partial charge in [0.25, 0.3) is 0 Å². The zero-order valence-corrected chi connectivity index (χ0v) is 16.9. The Hall–Kier alpha value is -1.32. The van der Waals surface area contributed by atoms with Gasteiger partial charge < -0.3 is 4.79 Å². The van der Waals surface area contributed by atoms with Crippen molar-refractivity contribution in [1.82, 2.24) is 5.32 Å². The molecule has 2 atom stereocenters. The Morgan fingerprint density at radius 2 is 1.92 bits per heavy atom. The van der Waals surface area contributed by atoms with Gasteiger partial charge in [0.15, 0.2) is 0 Å². The van der Waals surface area contributed by atoms with E-state index in [2.05, 4.69) is 63.4 Å². The second-order valence-electron chi connectivity index (χ2n) is 6.86. The highest BCUT2D eigenvalue weighted by atomic mass is 32.2. The maximum atomic E-state index is 11.2. The van der Waals surface area contributed by atoms with Crippen molar-refractivity contribution in [2.45, 2.75) is 57.9 Å². The lowest BCUT2D eigenvalue weighted by atomic mass is 10.00. The van der Waals surface area contributed by atoms with E-state index in [0.29, 0.717) is 6.04 Å². The molecule has 0 aliphatic carbocycles. The monoisotopic (exact) mass is 359 g/mol. The molecule has 0 saturated carbocycles. The highest BCUT2D eigenvalue weighted by Gasteiger charge is 2.28. The molecule has 138 valence electrons. The van der Waals surface area contributed by atoms with Crippen LogP contribution in [0.2, 0.25) is 0 Å². The van der Waals surface area contributed by atoms with Crippen molar-refractivity contribution in [3.63, 3.8) is 0 Å². The topological polar surface area (TPSA) is 29.1 Å². The molecular weight excluding hydrogens is 326 g/mol. The van der Waals surface area contributed by atoms with Gasteiger partial charge in [-0.3, -0.25) is 5.32 Å². The molecule has 0 aromatic heterocycles. The zero-order chi connectivity index (χ0) is 18.5. The highest BCUT2D eigenvalue weighted by Crippen LogP contribution is 2.29. The molecule has 1 saturated heterocycles. The lowest BCUT2D eigenvalue weighted by molar-refractivity contribution is -0.109. The largest absolute Gasteiger partial charge is 0.303 e. The summed E-state index contributed by atoms with van der Waals surface area (Å²) in [6.07, 6.45) is 12.5. The smallest absolute Gasteiger partial charge is 0.127 e. The van der Waals surface area contributed by atoms with Crippen LogP contribution in [-0.4, -0.2) is 23.0 Å². The number of nitrogens with one attached hydrogen (secondary N) is 1. The molecule has 1 aliphatic rings. The Labute approximate surface area is 158 Å². The number of hydrogen-bond acceptors (Lipinski definition) is 3. The van der Waals surface area contributed by atoms with Gasteiger partial charge in [0.05, 0.1) is 4.87 Å². The molecule has 1 aromatic carbocycles. The molecule has 2 unspecified atom stereocenters. The third-order valence-corrected chi connectivity index (χ3v) is 5.03. The van der Waals surface area contributed by atoms with Crippen molar-refractivity contribution >= 4 is 18.0 Å². The fraction of sp³-hybridized carbons (Fsp3) is 0.500. The summed E-state index contributed by atoms with van der Waals surface area (Å²) in [6, 6.07) is 10.6. The second-order valence-corrected chi connectivity index (χ2v) is 8.50. The normalized spacial score (nSPS) is 20.4. The van der Waals surface area contributed by atoms with Gasteiger partial charge in [0, 0.05) is 17.7 Å². The van der Waals surface area contributed by atoms with Crippen LogP contribution in [-0.2, 0) is 11.2 Å². The molecule has 0 amide bonds. The number of carbonyl (C=O) groups excluding carboxylic acids is 1. The van der Waals surface area contributed by atoms with Crippen LogP contribution < -0.4 is 5.32 Å². The van der Waals surface area contributed by atoms with E-state index >= 15 is 0 Å². The summed E-state index contributed by atoms with van der Waals surface area (Å²) in [5.74, 6) is 1.09. The third kappa shape index (κ3) is 9.66. The van der Waals surface area contributed by atoms with Gasteiger partial charge in [0.1, 0.15) is 6.29 Å². The van der Waals surface area contributed by atoms with E-state index < -0.39 is 0 Å². The van der Waals surface area contributed by atoms with E-state index in [4.69, 9.17) is 0 Å². The van der Waals surface area contributed by atoms with Crippen LogP contribution in [0.5, 0.6) is 0 Å². The van der Waals surface area contributed by atoms with Crippen LogP contribution in [0.3, 0.4) is 0 Å². The second kappa shape index (κ2) is 12.1. The summed E-state index contributed by atoms with van der Waals surface area (Å²) >= 11 is 1.95. The van der Waals surface area contributed by atoms with Crippen LogP contribution in [0.25, 0.3) is 0 Å². The molecule has 1 aromatic rings. The molecule has 2 nitrogen and oxygen atoms in total. The molecule has 0 radical (unpaired) electrons. The number of thioether (sulfide) groups is 1. The van der Waals surface area contributed by atoms with Crippen LogP contribution in [0, 0.1) is 5.92 Å². The van der Waals surface area contributed by atoms with Crippen molar-refractivity contribution in [2.24, 2.45) is 5.92 Å². The first kappa shape index (κ1) is 21.7. The highest BCUT2D eigenvalue weighted by molar-refractivity contribution is 8.00. The first-order valence-electron chi connectivity index (χ1n) is 9.25. The van der Waals surface area contributed by atoms with E-state index in [1.807, 2.05) is 36.0 Å². The third-order valence-electron chi connectivity index (χ3n) is 3.67. The summed E-state index contributed by atoms with van der Waals surface area (Å²) in [5, 5.41) is 3.57. The van der Waals surface area contributed by atoms with Crippen LogP contribution in [0.1, 0.15) is 46.1 Å². The predicted molar refractivity (Wildman–Crippen MR) is 112 cm³/mol. The Balaban J connectivity index is 0.000000970. The minimum atomic E-state index is -0.0325. The van der Waals surface area contributed by atoms with Gasteiger partial charge in [-0.2, -0.15) is 0 Å². The minimum Gasteiger partial charge on any atom is -0.303 e. The van der Waals surface area contributed by atoms with Crippen molar-refractivity contribution in [2.75, 3.05) is 5.75 Å². The van der Waals surface area contributed by atoms with Gasteiger partial charge in [-0.05, 0) is 32.3 Å². The van der Waals surface area contributed by atoms with Gasteiger partial charge in [0.2, 0.25) is 0 Å². The van der Waals surface area contributed by atoms with Gasteiger partial charge in [-0.15, -0.1) is 11.8 Å². The van der Waals surface area contributed by atoms with Gasteiger partial charge in [-0.1, -0.05) is 74.9 Å². The standard InChI is InChI=1S/C19H25NOS.C3H8/c1-19(2)20-18(15-22-19)12-8-4-7-11-17(14-21)13-16-9-5-3-6-10-16;1-3-2/h3,5-12,14,17-18,20H,4,13,15H2,1-2H3;3H2,1-2H3/b11-7-,12-8+;. The van der Waals surface area contributed by atoms with Crippen LogP contribution >= 0.6 is 11.8 Å². The molecule has 2 rings (SSSR count). The first-order valence-corrected chi connectivity index (χ1v) is 10.2. The number of benzene rings is 1. The van der Waals surface area contributed by atoms with E-state index in [9.17, 15) is 4.79 Å². The fourth-order valence-corrected chi connectivity index (χ4v) is 3.58. The number of aldehydes is 1. The summed E-state index contributed by atoms with van der Waals surface area (Å²) in [5.41, 5.74) is 1.20.